The molecule has 0 amide bonds. The third-order valence-corrected chi connectivity index (χ3v) is 6.57. The standard InChI is InChI=1S/C28H25N5O4/c29-32-31-23-18-26(33-17-16-25(34)30-27(33)35)37-24(23)19-36-28(20-10-4-1-5-11-20,21-12-6-2-7-13-21)22-14-8-3-9-15-22/h1-17,23-24,26H,18-19H2,(H,30,34,35). The quantitative estimate of drug-likeness (QED) is 0.167. The summed E-state index contributed by atoms with van der Waals surface area (Å²) in [6.07, 6.45) is 0.298. The molecule has 1 aliphatic heterocycles. The predicted octanol–water partition coefficient (Wildman–Crippen LogP) is 4.51. The SMILES string of the molecule is [N-]=[N+]=NC1CC(n2ccc(=O)[nH]c2=O)OC1COC(c1ccccc1)(c1ccccc1)c1ccccc1. The molecule has 1 fully saturated rings. The summed E-state index contributed by atoms with van der Waals surface area (Å²) in [5.74, 6) is 0. The lowest BCUT2D eigenvalue weighted by Gasteiger charge is -2.37. The highest BCUT2D eigenvalue weighted by molar-refractivity contribution is 5.47. The van der Waals surface area contributed by atoms with Gasteiger partial charge in [0.1, 0.15) is 11.8 Å². The molecular weight excluding hydrogens is 470 g/mol. The Balaban J connectivity index is 1.54. The van der Waals surface area contributed by atoms with E-state index in [-0.39, 0.29) is 13.0 Å². The zero-order valence-electron chi connectivity index (χ0n) is 19.9. The van der Waals surface area contributed by atoms with Crippen LogP contribution in [0.3, 0.4) is 0 Å². The number of benzene rings is 3. The van der Waals surface area contributed by atoms with E-state index in [1.54, 1.807) is 0 Å². The summed E-state index contributed by atoms with van der Waals surface area (Å²) in [6, 6.07) is 30.4. The van der Waals surface area contributed by atoms with Gasteiger partial charge in [-0.2, -0.15) is 0 Å². The van der Waals surface area contributed by atoms with Crippen LogP contribution in [-0.4, -0.2) is 28.3 Å². The van der Waals surface area contributed by atoms with Crippen molar-refractivity contribution in [3.05, 3.63) is 151 Å². The molecule has 0 saturated carbocycles. The lowest BCUT2D eigenvalue weighted by Crippen LogP contribution is -2.37. The van der Waals surface area contributed by atoms with Crippen LogP contribution in [0.4, 0.5) is 0 Å². The predicted molar refractivity (Wildman–Crippen MR) is 138 cm³/mol. The lowest BCUT2D eigenvalue weighted by molar-refractivity contribution is -0.0796. The van der Waals surface area contributed by atoms with Gasteiger partial charge >= 0.3 is 5.69 Å². The summed E-state index contributed by atoms with van der Waals surface area (Å²) in [5, 5.41) is 3.94. The summed E-state index contributed by atoms with van der Waals surface area (Å²) in [4.78, 5) is 29.1. The molecule has 0 bridgehead atoms. The molecule has 0 radical (unpaired) electrons. The Kier molecular flexibility index (Phi) is 7.00. The van der Waals surface area contributed by atoms with E-state index >= 15 is 0 Å². The van der Waals surface area contributed by atoms with Crippen molar-refractivity contribution >= 4 is 0 Å². The molecule has 186 valence electrons. The smallest absolute Gasteiger partial charge is 0.330 e. The fourth-order valence-corrected chi connectivity index (χ4v) is 4.85. The van der Waals surface area contributed by atoms with Crippen LogP contribution >= 0.6 is 0 Å². The largest absolute Gasteiger partial charge is 0.358 e. The average molecular weight is 496 g/mol. The van der Waals surface area contributed by atoms with E-state index in [1.807, 2.05) is 91.0 Å². The summed E-state index contributed by atoms with van der Waals surface area (Å²) < 4.78 is 14.3. The van der Waals surface area contributed by atoms with Crippen molar-refractivity contribution in [3.63, 3.8) is 0 Å². The molecule has 1 aromatic heterocycles. The van der Waals surface area contributed by atoms with E-state index in [4.69, 9.17) is 9.47 Å². The number of H-pyrrole nitrogens is 1. The summed E-state index contributed by atoms with van der Waals surface area (Å²) in [5.41, 5.74) is 9.93. The van der Waals surface area contributed by atoms with Crippen molar-refractivity contribution in [3.8, 4) is 0 Å². The molecule has 1 saturated heterocycles. The molecule has 2 heterocycles. The van der Waals surface area contributed by atoms with Crippen molar-refractivity contribution in [2.24, 2.45) is 5.11 Å². The van der Waals surface area contributed by atoms with Crippen LogP contribution in [0.15, 0.2) is 118 Å². The number of aromatic amines is 1. The first-order valence-corrected chi connectivity index (χ1v) is 11.9. The summed E-state index contributed by atoms with van der Waals surface area (Å²) in [6.45, 7) is 0.0803. The normalized spacial score (nSPS) is 19.3. The van der Waals surface area contributed by atoms with Crippen LogP contribution in [-0.2, 0) is 15.1 Å². The van der Waals surface area contributed by atoms with Gasteiger partial charge in [0.05, 0.1) is 18.8 Å². The number of hydrogen-bond donors (Lipinski definition) is 1. The van der Waals surface area contributed by atoms with Gasteiger partial charge in [-0.15, -0.1) is 0 Å². The number of hydrogen-bond acceptors (Lipinski definition) is 5. The van der Waals surface area contributed by atoms with Gasteiger partial charge in [0, 0.05) is 23.6 Å². The van der Waals surface area contributed by atoms with Crippen LogP contribution in [0.5, 0.6) is 0 Å². The molecule has 9 nitrogen and oxygen atoms in total. The van der Waals surface area contributed by atoms with Crippen LogP contribution in [0.2, 0.25) is 0 Å². The Bertz CT molecular complexity index is 1400. The first-order valence-electron chi connectivity index (χ1n) is 11.9. The first kappa shape index (κ1) is 24.3. The number of azide groups is 1. The third-order valence-electron chi connectivity index (χ3n) is 6.57. The Morgan fingerprint density at radius 2 is 1.46 bits per heavy atom. The first-order chi connectivity index (χ1) is 18.1. The molecule has 4 aromatic rings. The monoisotopic (exact) mass is 495 g/mol. The molecule has 37 heavy (non-hydrogen) atoms. The molecule has 1 aliphatic rings. The molecule has 0 spiro atoms. The van der Waals surface area contributed by atoms with Gasteiger partial charge in [-0.05, 0) is 22.2 Å². The molecule has 9 heteroatoms. The van der Waals surface area contributed by atoms with E-state index in [2.05, 4.69) is 15.0 Å². The highest BCUT2D eigenvalue weighted by Gasteiger charge is 2.42. The third kappa shape index (κ3) is 4.83. The minimum atomic E-state index is -0.971. The zero-order valence-corrected chi connectivity index (χ0v) is 19.9. The zero-order chi connectivity index (χ0) is 25.7. The molecule has 3 unspecified atom stereocenters. The maximum Gasteiger partial charge on any atom is 0.330 e. The average Bonchev–Trinajstić information content (AvgIpc) is 3.33. The Hall–Kier alpha value is -4.43. The number of nitrogens with one attached hydrogen (secondary N) is 1. The van der Waals surface area contributed by atoms with E-state index in [0.717, 1.165) is 16.7 Å². The van der Waals surface area contributed by atoms with E-state index < -0.39 is 35.2 Å². The second-order valence-corrected chi connectivity index (χ2v) is 8.74. The second-order valence-electron chi connectivity index (χ2n) is 8.74. The van der Waals surface area contributed by atoms with Gasteiger partial charge in [-0.3, -0.25) is 14.3 Å². The van der Waals surface area contributed by atoms with Crippen molar-refractivity contribution in [2.75, 3.05) is 6.61 Å². The fourth-order valence-electron chi connectivity index (χ4n) is 4.85. The van der Waals surface area contributed by atoms with Gasteiger partial charge in [-0.25, -0.2) is 4.79 Å². The van der Waals surface area contributed by atoms with Gasteiger partial charge < -0.3 is 9.47 Å². The van der Waals surface area contributed by atoms with Crippen molar-refractivity contribution in [2.45, 2.75) is 30.4 Å². The molecule has 3 atom stereocenters. The summed E-state index contributed by atoms with van der Waals surface area (Å²) >= 11 is 0. The molecule has 5 rings (SSSR count). The molecular formula is C28H25N5O4. The van der Waals surface area contributed by atoms with E-state index in [9.17, 15) is 15.1 Å². The van der Waals surface area contributed by atoms with Gasteiger partial charge in [0.2, 0.25) is 0 Å². The minimum absolute atomic E-state index is 0.0803. The topological polar surface area (TPSA) is 122 Å². The molecule has 0 aliphatic carbocycles. The number of aromatic nitrogens is 2. The Labute approximate surface area is 212 Å². The Morgan fingerprint density at radius 3 is 1.95 bits per heavy atom. The van der Waals surface area contributed by atoms with E-state index in [1.165, 1.54) is 16.8 Å². The lowest BCUT2D eigenvalue weighted by atomic mass is 9.80. The maximum absolute atomic E-state index is 12.4. The van der Waals surface area contributed by atoms with Crippen LogP contribution < -0.4 is 11.2 Å². The van der Waals surface area contributed by atoms with Crippen molar-refractivity contribution < 1.29 is 9.47 Å². The maximum atomic E-state index is 12.4. The number of ether oxygens (including phenoxy) is 2. The van der Waals surface area contributed by atoms with Gasteiger partial charge in [-0.1, -0.05) is 96.1 Å². The van der Waals surface area contributed by atoms with E-state index in [0.29, 0.717) is 0 Å². The molecule has 3 aromatic carbocycles. The van der Waals surface area contributed by atoms with Crippen molar-refractivity contribution in [1.82, 2.24) is 9.55 Å². The summed E-state index contributed by atoms with van der Waals surface area (Å²) in [7, 11) is 0. The highest BCUT2D eigenvalue weighted by atomic mass is 16.6. The minimum Gasteiger partial charge on any atom is -0.358 e. The Morgan fingerprint density at radius 1 is 0.919 bits per heavy atom. The van der Waals surface area contributed by atoms with Crippen LogP contribution in [0.25, 0.3) is 10.4 Å². The number of rotatable bonds is 8. The second kappa shape index (κ2) is 10.7. The highest BCUT2D eigenvalue weighted by Crippen LogP contribution is 2.41. The van der Waals surface area contributed by atoms with Gasteiger partial charge in [0.25, 0.3) is 5.56 Å². The van der Waals surface area contributed by atoms with Gasteiger partial charge in [0.15, 0.2) is 0 Å². The van der Waals surface area contributed by atoms with Crippen molar-refractivity contribution in [1.29, 1.82) is 0 Å². The number of nitrogens with zero attached hydrogens (tertiary/aromatic N) is 4. The molecule has 1 N–H and O–H groups in total. The van der Waals surface area contributed by atoms with Crippen LogP contribution in [0, 0.1) is 0 Å². The fraction of sp³-hybridized carbons (Fsp3) is 0.214. The van der Waals surface area contributed by atoms with Crippen LogP contribution in [0.1, 0.15) is 29.3 Å².